The minimum atomic E-state index is 0.890. The summed E-state index contributed by atoms with van der Waals surface area (Å²) in [6, 6.07) is 80.7. The first kappa shape index (κ1) is 33.6. The normalized spacial score (nSPS) is 11.6. The molecule has 1 aliphatic rings. The highest BCUT2D eigenvalue weighted by Crippen LogP contribution is 2.50. The van der Waals surface area contributed by atoms with Gasteiger partial charge in [0.25, 0.3) is 0 Å². The first-order valence-corrected chi connectivity index (χ1v) is 19.8. The number of rotatable bonds is 7. The lowest BCUT2D eigenvalue weighted by Gasteiger charge is -2.30. The highest BCUT2D eigenvalue weighted by Gasteiger charge is 2.24. The van der Waals surface area contributed by atoms with Gasteiger partial charge < -0.3 is 9.64 Å². The van der Waals surface area contributed by atoms with E-state index in [9.17, 15) is 0 Å². The Morgan fingerprint density at radius 1 is 0.293 bits per heavy atom. The van der Waals surface area contributed by atoms with Gasteiger partial charge in [0.15, 0.2) is 0 Å². The predicted molar refractivity (Wildman–Crippen MR) is 243 cm³/mol. The second kappa shape index (κ2) is 14.1. The van der Waals surface area contributed by atoms with Crippen LogP contribution in [0.15, 0.2) is 224 Å². The van der Waals surface area contributed by atoms with Gasteiger partial charge in [-0.25, -0.2) is 0 Å². The number of nitrogens with zero attached hydrogens (tertiary/aromatic N) is 1. The Balaban J connectivity index is 1.15. The summed E-state index contributed by atoms with van der Waals surface area (Å²) in [7, 11) is 0. The third kappa shape index (κ3) is 5.66. The van der Waals surface area contributed by atoms with Gasteiger partial charge in [-0.05, 0) is 91.5 Å². The number of fused-ring (bicyclic) bond motifs is 3. The van der Waals surface area contributed by atoms with Crippen LogP contribution in [-0.2, 0) is 0 Å². The van der Waals surface area contributed by atoms with Crippen LogP contribution in [0.25, 0.3) is 77.2 Å². The number of anilines is 3. The number of hydrogen-bond acceptors (Lipinski definition) is 2. The fourth-order valence-corrected chi connectivity index (χ4v) is 8.90. The third-order valence-electron chi connectivity index (χ3n) is 11.5. The number of ether oxygens (including phenoxy) is 1. The van der Waals surface area contributed by atoms with Crippen molar-refractivity contribution >= 4 is 38.6 Å². The zero-order valence-electron chi connectivity index (χ0n) is 31.7. The summed E-state index contributed by atoms with van der Waals surface area (Å²) in [6.07, 6.45) is 0. The van der Waals surface area contributed by atoms with Gasteiger partial charge in [-0.15, -0.1) is 0 Å². The molecule has 2 nitrogen and oxygen atoms in total. The second-order valence-corrected chi connectivity index (χ2v) is 14.8. The molecule has 1 aliphatic heterocycles. The molecule has 0 radical (unpaired) electrons. The Labute approximate surface area is 338 Å². The monoisotopic (exact) mass is 739 g/mol. The molecule has 0 amide bonds. The van der Waals surface area contributed by atoms with E-state index in [1.54, 1.807) is 0 Å². The lowest BCUT2D eigenvalue weighted by Crippen LogP contribution is -2.12. The average molecular weight is 740 g/mol. The van der Waals surface area contributed by atoms with E-state index >= 15 is 0 Å². The molecule has 58 heavy (non-hydrogen) atoms. The van der Waals surface area contributed by atoms with Gasteiger partial charge >= 0.3 is 0 Å². The van der Waals surface area contributed by atoms with E-state index < -0.39 is 0 Å². The molecule has 0 saturated heterocycles. The van der Waals surface area contributed by atoms with Gasteiger partial charge in [0, 0.05) is 27.8 Å². The zero-order chi connectivity index (χ0) is 38.4. The maximum Gasteiger partial charge on any atom is 0.135 e. The summed E-state index contributed by atoms with van der Waals surface area (Å²) in [5, 5.41) is 4.76. The van der Waals surface area contributed by atoms with Gasteiger partial charge in [-0.2, -0.15) is 0 Å². The van der Waals surface area contributed by atoms with Crippen molar-refractivity contribution in [1.29, 1.82) is 0 Å². The number of para-hydroxylation sites is 3. The number of benzene rings is 10. The molecule has 0 fully saturated rings. The summed E-state index contributed by atoms with van der Waals surface area (Å²) in [5.41, 5.74) is 15.0. The molecule has 0 atom stereocenters. The van der Waals surface area contributed by atoms with Crippen LogP contribution in [-0.4, -0.2) is 0 Å². The highest BCUT2D eigenvalue weighted by atomic mass is 16.5. The van der Waals surface area contributed by atoms with Crippen LogP contribution in [0.4, 0.5) is 17.1 Å². The summed E-state index contributed by atoms with van der Waals surface area (Å²) >= 11 is 0. The van der Waals surface area contributed by atoms with Crippen molar-refractivity contribution in [3.8, 4) is 67.1 Å². The van der Waals surface area contributed by atoms with Crippen LogP contribution in [0, 0.1) is 0 Å². The maximum absolute atomic E-state index is 6.49. The Kier molecular flexibility index (Phi) is 8.19. The van der Waals surface area contributed by atoms with Crippen LogP contribution in [0.2, 0.25) is 0 Å². The van der Waals surface area contributed by atoms with E-state index in [4.69, 9.17) is 4.74 Å². The molecule has 0 spiro atoms. The molecular weight excluding hydrogens is 703 g/mol. The topological polar surface area (TPSA) is 12.5 Å². The van der Waals surface area contributed by atoms with Crippen molar-refractivity contribution in [2.75, 3.05) is 4.90 Å². The lowest BCUT2D eigenvalue weighted by atomic mass is 9.90. The van der Waals surface area contributed by atoms with E-state index in [0.717, 1.165) is 67.3 Å². The van der Waals surface area contributed by atoms with Gasteiger partial charge in [-0.1, -0.05) is 188 Å². The Morgan fingerprint density at radius 3 is 1.59 bits per heavy atom. The highest BCUT2D eigenvalue weighted by molar-refractivity contribution is 6.11. The smallest absolute Gasteiger partial charge is 0.135 e. The van der Waals surface area contributed by atoms with E-state index in [2.05, 4.69) is 223 Å². The van der Waals surface area contributed by atoms with Crippen molar-refractivity contribution in [2.24, 2.45) is 0 Å². The van der Waals surface area contributed by atoms with Gasteiger partial charge in [0.2, 0.25) is 0 Å². The molecule has 10 aromatic carbocycles. The van der Waals surface area contributed by atoms with Crippen LogP contribution in [0.3, 0.4) is 0 Å². The fraction of sp³-hybridized carbons (Fsp3) is 0. The van der Waals surface area contributed by atoms with E-state index in [-0.39, 0.29) is 0 Å². The van der Waals surface area contributed by atoms with Crippen molar-refractivity contribution < 1.29 is 4.74 Å². The molecule has 10 aromatic rings. The van der Waals surface area contributed by atoms with Crippen molar-refractivity contribution in [2.45, 2.75) is 0 Å². The van der Waals surface area contributed by atoms with Crippen molar-refractivity contribution in [3.63, 3.8) is 0 Å². The zero-order valence-corrected chi connectivity index (χ0v) is 31.7. The Hall–Kier alpha value is -7.68. The second-order valence-electron chi connectivity index (χ2n) is 14.8. The number of hydrogen-bond donors (Lipinski definition) is 0. The van der Waals surface area contributed by atoms with Gasteiger partial charge in [-0.3, -0.25) is 0 Å². The maximum atomic E-state index is 6.49. The largest absolute Gasteiger partial charge is 0.456 e. The first-order valence-electron chi connectivity index (χ1n) is 19.8. The van der Waals surface area contributed by atoms with Gasteiger partial charge in [0.1, 0.15) is 11.5 Å². The van der Waals surface area contributed by atoms with Crippen LogP contribution in [0.5, 0.6) is 11.5 Å². The van der Waals surface area contributed by atoms with Gasteiger partial charge in [0.05, 0.1) is 11.4 Å². The molecule has 272 valence electrons. The standard InChI is InChI=1S/C56H37NO/c1-3-17-38(18-4-1)44-25-7-10-32-51(44)57(52-33-11-8-26-46(52)49-29-15-22-40-21-14-28-45(55(40)49)39-19-5-2-6-20-39)42-24-13-23-41(37-42)43-35-36-54-56-48(43)30-16-31-50(56)47-27-9-12-34-53(47)58-54/h1-37H. The molecule has 2 heteroatoms. The quantitative estimate of drug-likeness (QED) is 0.161. The summed E-state index contributed by atoms with van der Waals surface area (Å²) < 4.78 is 6.49. The molecule has 0 aliphatic carbocycles. The van der Waals surface area contributed by atoms with Crippen LogP contribution in [0.1, 0.15) is 0 Å². The summed E-state index contributed by atoms with van der Waals surface area (Å²) in [5.74, 6) is 1.78. The molecule has 0 unspecified atom stereocenters. The fourth-order valence-electron chi connectivity index (χ4n) is 8.90. The Bertz CT molecular complexity index is 3140. The van der Waals surface area contributed by atoms with E-state index in [0.29, 0.717) is 0 Å². The summed E-state index contributed by atoms with van der Waals surface area (Å²) in [6.45, 7) is 0. The van der Waals surface area contributed by atoms with E-state index in [1.165, 1.54) is 38.4 Å². The van der Waals surface area contributed by atoms with Crippen molar-refractivity contribution in [1.82, 2.24) is 0 Å². The lowest BCUT2D eigenvalue weighted by molar-refractivity contribution is 0.487. The first-order chi connectivity index (χ1) is 28.8. The van der Waals surface area contributed by atoms with Crippen molar-refractivity contribution in [3.05, 3.63) is 224 Å². The molecule has 0 N–H and O–H groups in total. The molecule has 0 aromatic heterocycles. The summed E-state index contributed by atoms with van der Waals surface area (Å²) in [4.78, 5) is 2.45. The average Bonchev–Trinajstić information content (AvgIpc) is 3.30. The molecule has 11 rings (SSSR count). The van der Waals surface area contributed by atoms with Crippen LogP contribution >= 0.6 is 0 Å². The molecule has 0 bridgehead atoms. The predicted octanol–water partition coefficient (Wildman–Crippen LogP) is 15.9. The Morgan fingerprint density at radius 2 is 0.828 bits per heavy atom. The SMILES string of the molecule is c1ccc(-c2ccccc2N(c2cccc(-c3ccc4c5c(cccc35)-c3ccccc3O4)c2)c2ccccc2-c2cccc3cccc(-c4ccccc4)c23)cc1. The van der Waals surface area contributed by atoms with E-state index in [1.807, 2.05) is 6.07 Å². The minimum Gasteiger partial charge on any atom is -0.456 e. The molecular formula is C56H37NO. The minimum absolute atomic E-state index is 0.890. The molecule has 0 saturated carbocycles. The van der Waals surface area contributed by atoms with Crippen LogP contribution < -0.4 is 9.64 Å². The molecule has 1 heterocycles. The third-order valence-corrected chi connectivity index (χ3v) is 11.5.